The fraction of sp³-hybridized carbons (Fsp3) is 0.100. The van der Waals surface area contributed by atoms with Gasteiger partial charge in [-0.05, 0) is 42.2 Å². The quantitative estimate of drug-likeness (QED) is 0.651. The first-order chi connectivity index (χ1) is 11.0. The highest BCUT2D eigenvalue weighted by Crippen LogP contribution is 2.33. The summed E-state index contributed by atoms with van der Waals surface area (Å²) < 4.78 is 27.8. The Labute approximate surface area is 133 Å². The largest absolute Gasteiger partial charge is 0.505 e. The van der Waals surface area contributed by atoms with Gasteiger partial charge in [-0.1, -0.05) is 54.1 Å². The van der Waals surface area contributed by atoms with Gasteiger partial charge >= 0.3 is 0 Å². The Kier molecular flexibility index (Phi) is 3.87. The Bertz CT molecular complexity index is 850. The first-order valence-electron chi connectivity index (χ1n) is 7.32. The van der Waals surface area contributed by atoms with Gasteiger partial charge in [0.2, 0.25) is 5.82 Å². The summed E-state index contributed by atoms with van der Waals surface area (Å²) in [6, 6.07) is 16.8. The number of hydrogen-bond donors (Lipinski definition) is 1. The molecule has 3 rings (SSSR count). The first-order valence-corrected chi connectivity index (χ1v) is 7.32. The molecule has 0 radical (unpaired) electrons. The van der Waals surface area contributed by atoms with E-state index < -0.39 is 17.4 Å². The third-order valence-electron chi connectivity index (χ3n) is 3.95. The van der Waals surface area contributed by atoms with Crippen LogP contribution in [0.15, 0.2) is 54.6 Å². The zero-order chi connectivity index (χ0) is 16.6. The average Bonchev–Trinajstić information content (AvgIpc) is 2.57. The van der Waals surface area contributed by atoms with E-state index in [1.165, 1.54) is 11.6 Å². The minimum absolute atomic E-state index is 0.147. The van der Waals surface area contributed by atoms with Crippen molar-refractivity contribution < 1.29 is 13.9 Å². The monoisotopic (exact) mass is 310 g/mol. The summed E-state index contributed by atoms with van der Waals surface area (Å²) in [5.74, 6) is -2.87. The highest BCUT2D eigenvalue weighted by molar-refractivity contribution is 5.72. The van der Waals surface area contributed by atoms with Crippen LogP contribution in [-0.4, -0.2) is 5.11 Å². The highest BCUT2D eigenvalue weighted by atomic mass is 19.2. The molecule has 0 heterocycles. The number of rotatable bonds is 2. The first kappa shape index (κ1) is 15.2. The molecule has 0 amide bonds. The normalized spacial score (nSPS) is 10.8. The van der Waals surface area contributed by atoms with Gasteiger partial charge < -0.3 is 5.11 Å². The van der Waals surface area contributed by atoms with Crippen LogP contribution < -0.4 is 0 Å². The van der Waals surface area contributed by atoms with Crippen LogP contribution in [0, 0.1) is 25.5 Å². The molecule has 0 unspecified atom stereocenters. The second-order valence-corrected chi connectivity index (χ2v) is 5.66. The molecule has 23 heavy (non-hydrogen) atoms. The van der Waals surface area contributed by atoms with Crippen LogP contribution in [0.1, 0.15) is 11.1 Å². The maximum atomic E-state index is 14.1. The van der Waals surface area contributed by atoms with Crippen molar-refractivity contribution in [1.82, 2.24) is 0 Å². The van der Waals surface area contributed by atoms with Crippen molar-refractivity contribution in [2.45, 2.75) is 13.8 Å². The third kappa shape index (κ3) is 2.82. The topological polar surface area (TPSA) is 20.2 Å². The molecule has 0 aliphatic heterocycles. The number of hydrogen-bond acceptors (Lipinski definition) is 1. The zero-order valence-corrected chi connectivity index (χ0v) is 12.9. The second-order valence-electron chi connectivity index (χ2n) is 5.66. The maximum Gasteiger partial charge on any atom is 0.201 e. The van der Waals surface area contributed by atoms with Gasteiger partial charge in [-0.3, -0.25) is 0 Å². The summed E-state index contributed by atoms with van der Waals surface area (Å²) in [5.41, 5.74) is 4.28. The molecule has 3 aromatic carbocycles. The summed E-state index contributed by atoms with van der Waals surface area (Å²) in [4.78, 5) is 0. The molecule has 1 N–H and O–H groups in total. The molecule has 0 bridgehead atoms. The Morgan fingerprint density at radius 2 is 1.17 bits per heavy atom. The smallest absolute Gasteiger partial charge is 0.201 e. The van der Waals surface area contributed by atoms with Gasteiger partial charge in [-0.2, -0.15) is 4.39 Å². The van der Waals surface area contributed by atoms with Crippen molar-refractivity contribution in [3.8, 4) is 28.0 Å². The van der Waals surface area contributed by atoms with Crippen LogP contribution in [0.3, 0.4) is 0 Å². The van der Waals surface area contributed by atoms with Crippen molar-refractivity contribution in [3.63, 3.8) is 0 Å². The predicted octanol–water partition coefficient (Wildman–Crippen LogP) is 5.62. The molecule has 0 fully saturated rings. The summed E-state index contributed by atoms with van der Waals surface area (Å²) in [5, 5.41) is 9.46. The Morgan fingerprint density at radius 3 is 1.74 bits per heavy atom. The van der Waals surface area contributed by atoms with Gasteiger partial charge in [0.1, 0.15) is 0 Å². The number of benzene rings is 3. The van der Waals surface area contributed by atoms with E-state index in [1.807, 2.05) is 43.3 Å². The van der Waals surface area contributed by atoms with Crippen LogP contribution >= 0.6 is 0 Å². The molecule has 0 aromatic heterocycles. The van der Waals surface area contributed by atoms with E-state index in [0.717, 1.165) is 11.1 Å². The van der Waals surface area contributed by atoms with Crippen LogP contribution in [0.25, 0.3) is 22.3 Å². The van der Waals surface area contributed by atoms with Crippen molar-refractivity contribution in [2.24, 2.45) is 0 Å². The highest BCUT2D eigenvalue weighted by Gasteiger charge is 2.17. The van der Waals surface area contributed by atoms with Gasteiger partial charge in [0, 0.05) is 5.56 Å². The lowest BCUT2D eigenvalue weighted by molar-refractivity contribution is 0.404. The van der Waals surface area contributed by atoms with Crippen molar-refractivity contribution >= 4 is 0 Å². The molecule has 0 atom stereocenters. The molecule has 0 aliphatic carbocycles. The zero-order valence-electron chi connectivity index (χ0n) is 12.9. The summed E-state index contributed by atoms with van der Waals surface area (Å²) >= 11 is 0. The van der Waals surface area contributed by atoms with Crippen molar-refractivity contribution in [1.29, 1.82) is 0 Å². The van der Waals surface area contributed by atoms with Gasteiger partial charge in [0.15, 0.2) is 11.6 Å². The Hall–Kier alpha value is -2.68. The van der Waals surface area contributed by atoms with E-state index in [4.69, 9.17) is 0 Å². The summed E-state index contributed by atoms with van der Waals surface area (Å²) in [6.45, 7) is 3.57. The number of phenols is 1. The van der Waals surface area contributed by atoms with Crippen LogP contribution in [0.2, 0.25) is 0 Å². The Morgan fingerprint density at radius 1 is 0.696 bits per heavy atom. The van der Waals surface area contributed by atoms with Gasteiger partial charge in [-0.25, -0.2) is 4.39 Å². The molecule has 116 valence electrons. The van der Waals surface area contributed by atoms with E-state index in [9.17, 15) is 13.9 Å². The molecule has 3 heteroatoms. The molecule has 0 spiro atoms. The predicted molar refractivity (Wildman–Crippen MR) is 88.4 cm³/mol. The van der Waals surface area contributed by atoms with Crippen molar-refractivity contribution in [3.05, 3.63) is 77.4 Å². The van der Waals surface area contributed by atoms with Crippen LogP contribution in [0.5, 0.6) is 5.75 Å². The van der Waals surface area contributed by atoms with Crippen LogP contribution in [0.4, 0.5) is 8.78 Å². The SMILES string of the molecule is Cc1ccc(-c2ccc(-c3cc(C)c(O)c(F)c3F)cc2)cc1. The lowest BCUT2D eigenvalue weighted by atomic mass is 9.98. The molecule has 0 aliphatic rings. The summed E-state index contributed by atoms with van der Waals surface area (Å²) in [6.07, 6.45) is 0. The molecular weight excluding hydrogens is 294 g/mol. The molecule has 3 aromatic rings. The maximum absolute atomic E-state index is 14.1. The van der Waals surface area contributed by atoms with E-state index >= 15 is 0 Å². The average molecular weight is 310 g/mol. The lowest BCUT2D eigenvalue weighted by Crippen LogP contribution is -1.93. The van der Waals surface area contributed by atoms with Crippen molar-refractivity contribution in [2.75, 3.05) is 0 Å². The third-order valence-corrected chi connectivity index (χ3v) is 3.95. The number of phenolic OH excluding ortho intramolecular Hbond substituents is 1. The molecule has 1 nitrogen and oxygen atoms in total. The van der Waals surface area contributed by atoms with Crippen LogP contribution in [-0.2, 0) is 0 Å². The van der Waals surface area contributed by atoms with E-state index in [1.54, 1.807) is 19.1 Å². The minimum atomic E-state index is -1.21. The fourth-order valence-electron chi connectivity index (χ4n) is 2.54. The van der Waals surface area contributed by atoms with E-state index in [0.29, 0.717) is 11.1 Å². The molecule has 0 saturated heterocycles. The van der Waals surface area contributed by atoms with Gasteiger partial charge in [0.05, 0.1) is 0 Å². The van der Waals surface area contributed by atoms with Gasteiger partial charge in [-0.15, -0.1) is 0 Å². The van der Waals surface area contributed by atoms with E-state index in [2.05, 4.69) is 0 Å². The fourth-order valence-corrected chi connectivity index (χ4v) is 2.54. The lowest BCUT2D eigenvalue weighted by Gasteiger charge is -2.09. The van der Waals surface area contributed by atoms with Gasteiger partial charge in [0.25, 0.3) is 0 Å². The number of aromatic hydroxyl groups is 1. The standard InChI is InChI=1S/C20H16F2O/c1-12-3-5-14(6-4-12)15-7-9-16(10-8-15)17-11-13(2)20(23)19(22)18(17)21/h3-11,23H,1-2H3. The second kappa shape index (κ2) is 5.84. The number of halogens is 2. The van der Waals surface area contributed by atoms with E-state index in [-0.39, 0.29) is 5.56 Å². The molecular formula is C20H16F2O. The summed E-state index contributed by atoms with van der Waals surface area (Å²) in [7, 11) is 0. The minimum Gasteiger partial charge on any atom is -0.505 e. The molecule has 0 saturated carbocycles. The Balaban J connectivity index is 2.02. The number of aryl methyl sites for hydroxylation is 2.